The second kappa shape index (κ2) is 24.1. The second-order valence-corrected chi connectivity index (χ2v) is 22.7. The number of piperidine rings is 1. The summed E-state index contributed by atoms with van der Waals surface area (Å²) in [5.74, 6) is -0.328. The number of quaternary nitrogens is 2. The molecule has 1 saturated heterocycles. The molecule has 0 N–H and O–H groups in total. The van der Waals surface area contributed by atoms with Gasteiger partial charge in [-0.15, -0.1) is 0 Å². The number of pyridine rings is 1. The van der Waals surface area contributed by atoms with Gasteiger partial charge in [0.2, 0.25) is 0 Å². The van der Waals surface area contributed by atoms with E-state index in [1.165, 1.54) is 22.7 Å². The van der Waals surface area contributed by atoms with Gasteiger partial charge in [-0.3, -0.25) is 0 Å². The van der Waals surface area contributed by atoms with Crippen molar-refractivity contribution in [2.45, 2.75) is 77.8 Å². The normalized spacial score (nSPS) is 21.4. The Morgan fingerprint density at radius 2 is 1.23 bits per heavy atom. The van der Waals surface area contributed by atoms with Gasteiger partial charge in [-0.25, -0.2) is 38.2 Å². The SMILES string of the molecule is CC1CC[N+](C)(CS(=O)(=O)[O-])CC1.CC1N(C)C=CN1CS(=O)(=O)[O-].CC1N(C)C=CN1Cc1ccc(S(=O)(=O)[O-])cc1.CC[n+]1ccccc1C.C[N+](C)(C)CCS(=O)(=O)[O-]. The van der Waals surface area contributed by atoms with Crippen molar-refractivity contribution in [3.63, 3.8) is 0 Å². The third-order valence-electron chi connectivity index (χ3n) is 10.3. The summed E-state index contributed by atoms with van der Waals surface area (Å²) in [6.07, 6.45) is 11.6. The van der Waals surface area contributed by atoms with Crippen LogP contribution in [0.1, 0.15) is 51.8 Å². The van der Waals surface area contributed by atoms with E-state index in [0.29, 0.717) is 28.0 Å². The highest BCUT2D eigenvalue weighted by Crippen LogP contribution is 2.22. The van der Waals surface area contributed by atoms with E-state index in [0.717, 1.165) is 38.0 Å². The van der Waals surface area contributed by atoms with Crippen LogP contribution in [0.15, 0.2) is 78.4 Å². The maximum Gasteiger partial charge on any atom is 0.178 e. The minimum absolute atomic E-state index is 0.0614. The molecule has 23 heteroatoms. The monoisotopic (exact) mass is 954 g/mol. The molecule has 0 aliphatic carbocycles. The van der Waals surface area contributed by atoms with Gasteiger partial charge >= 0.3 is 0 Å². The molecular formula is C39H68N7O12S4-. The third kappa shape index (κ3) is 23.9. The molecule has 19 nitrogen and oxygen atoms in total. The molecule has 2 atom stereocenters. The molecule has 0 radical (unpaired) electrons. The zero-order valence-corrected chi connectivity index (χ0v) is 41.2. The third-order valence-corrected chi connectivity index (χ3v) is 13.4. The van der Waals surface area contributed by atoms with Crippen molar-refractivity contribution in [1.29, 1.82) is 0 Å². The van der Waals surface area contributed by atoms with Crippen LogP contribution < -0.4 is 4.57 Å². The second-order valence-electron chi connectivity index (χ2n) is 17.0. The van der Waals surface area contributed by atoms with Gasteiger partial charge in [0.15, 0.2) is 17.8 Å². The lowest BCUT2D eigenvalue weighted by molar-refractivity contribution is -0.904. The number of likely N-dealkylation sites (tertiary alicyclic amines) is 1. The minimum Gasteiger partial charge on any atom is -0.748 e. The van der Waals surface area contributed by atoms with Crippen molar-refractivity contribution < 1.29 is 65.4 Å². The fourth-order valence-electron chi connectivity index (χ4n) is 5.97. The van der Waals surface area contributed by atoms with Crippen LogP contribution in [0.25, 0.3) is 0 Å². The molecule has 2 aromatic rings. The number of aryl methyl sites for hydroxylation is 2. The fraction of sp³-hybridized carbons (Fsp3) is 0.615. The van der Waals surface area contributed by atoms with Gasteiger partial charge in [0.25, 0.3) is 0 Å². The number of nitrogens with zero attached hydrogens (tertiary/aromatic N) is 7. The molecule has 356 valence electrons. The quantitative estimate of drug-likeness (QED) is 0.176. The van der Waals surface area contributed by atoms with Crippen molar-refractivity contribution in [1.82, 2.24) is 19.6 Å². The van der Waals surface area contributed by atoms with Crippen molar-refractivity contribution in [3.8, 4) is 0 Å². The van der Waals surface area contributed by atoms with Crippen molar-refractivity contribution in [3.05, 3.63) is 84.7 Å². The summed E-state index contributed by atoms with van der Waals surface area (Å²) >= 11 is 0. The molecule has 3 aliphatic heterocycles. The molecule has 5 rings (SSSR count). The zero-order valence-electron chi connectivity index (χ0n) is 37.9. The minimum atomic E-state index is -4.35. The first-order valence-electron chi connectivity index (χ1n) is 19.9. The summed E-state index contributed by atoms with van der Waals surface area (Å²) < 4.78 is 129. The molecular weight excluding hydrogens is 887 g/mol. The molecule has 0 saturated carbocycles. The molecule has 2 unspecified atom stereocenters. The highest BCUT2D eigenvalue weighted by Gasteiger charge is 2.30. The number of benzene rings is 1. The fourth-order valence-corrected chi connectivity index (χ4v) is 8.90. The summed E-state index contributed by atoms with van der Waals surface area (Å²) in [7, 11) is -5.44. The Hall–Kier alpha value is -3.39. The van der Waals surface area contributed by atoms with Crippen LogP contribution in [0, 0.1) is 12.8 Å². The van der Waals surface area contributed by atoms with Gasteiger partial charge in [0, 0.05) is 64.5 Å². The highest BCUT2D eigenvalue weighted by molar-refractivity contribution is 7.86. The summed E-state index contributed by atoms with van der Waals surface area (Å²) in [5.41, 5.74) is 2.29. The van der Waals surface area contributed by atoms with Gasteiger partial charge in [-0.1, -0.05) is 25.1 Å². The van der Waals surface area contributed by atoms with Crippen molar-refractivity contribution in [2.75, 3.05) is 79.4 Å². The molecule has 1 aromatic carbocycles. The standard InChI is InChI=1S/C12H16N2O3S.C8H17NO3S.C8H12N.C6H12N2O3S.C5H13NO3S/c1-10-13(2)7-8-14(10)9-11-3-5-12(6-4-11)18(15,16)17;1-8-3-5-9(2,6-4-8)7-13(10,11)12;1-3-9-7-5-4-6-8(9)2;1-6-7(2)3-4-8(6)5-12(9,10)11;1-6(2,3)4-5-10(7,8)9/h3-8,10H,9H2,1-2H3,(H,15,16,17);8H,3-7H2,1-2H3;4-7H,3H2,1-2H3;3-4,6H,5H2,1-2H3,(H,9,10,11);4-5H2,1-3H3/q;;+1;;/p-2. The van der Waals surface area contributed by atoms with Gasteiger partial charge < -0.3 is 46.8 Å². The van der Waals surface area contributed by atoms with Gasteiger partial charge in [-0.05, 0) is 57.2 Å². The van der Waals surface area contributed by atoms with Crippen LogP contribution in [-0.2, 0) is 53.6 Å². The zero-order chi connectivity index (χ0) is 47.9. The average Bonchev–Trinajstić information content (AvgIpc) is 3.61. The van der Waals surface area contributed by atoms with Crippen LogP contribution in [0.2, 0.25) is 0 Å². The van der Waals surface area contributed by atoms with E-state index < -0.39 is 46.3 Å². The van der Waals surface area contributed by atoms with E-state index >= 15 is 0 Å². The Kier molecular flexibility index (Phi) is 22.0. The molecule has 62 heavy (non-hydrogen) atoms. The molecule has 4 heterocycles. The predicted octanol–water partition coefficient (Wildman–Crippen LogP) is 1.61. The van der Waals surface area contributed by atoms with Crippen LogP contribution in [-0.4, -0.2) is 172 Å². The van der Waals surface area contributed by atoms with Gasteiger partial charge in [0.1, 0.15) is 52.9 Å². The molecule has 0 bridgehead atoms. The molecule has 0 spiro atoms. The Balaban J connectivity index is 0.000000397. The predicted molar refractivity (Wildman–Crippen MR) is 232 cm³/mol. The molecule has 1 aromatic heterocycles. The van der Waals surface area contributed by atoms with Gasteiger partial charge in [-0.2, -0.15) is 0 Å². The maximum atomic E-state index is 10.8. The molecule has 3 aliphatic rings. The van der Waals surface area contributed by atoms with Crippen LogP contribution in [0.3, 0.4) is 0 Å². The Bertz CT molecular complexity index is 2190. The first-order chi connectivity index (χ1) is 28.1. The summed E-state index contributed by atoms with van der Waals surface area (Å²) in [6.45, 7) is 14.1. The van der Waals surface area contributed by atoms with E-state index in [-0.39, 0.29) is 28.9 Å². The summed E-state index contributed by atoms with van der Waals surface area (Å²) in [5, 5.41) is 0. The summed E-state index contributed by atoms with van der Waals surface area (Å²) in [4.78, 5) is 7.32. The number of aromatic nitrogens is 1. The lowest BCUT2D eigenvalue weighted by Gasteiger charge is -2.40. The first-order valence-corrected chi connectivity index (χ1v) is 26.0. The van der Waals surface area contributed by atoms with E-state index in [2.05, 4.69) is 66.5 Å². The highest BCUT2D eigenvalue weighted by atomic mass is 32.2. The van der Waals surface area contributed by atoms with Crippen LogP contribution in [0.4, 0.5) is 0 Å². The van der Waals surface area contributed by atoms with E-state index in [1.54, 1.807) is 24.5 Å². The van der Waals surface area contributed by atoms with Crippen molar-refractivity contribution >= 4 is 40.5 Å². The molecule has 0 amide bonds. The van der Waals surface area contributed by atoms with Crippen molar-refractivity contribution in [2.24, 2.45) is 5.92 Å². The Morgan fingerprint density at radius 1 is 0.726 bits per heavy atom. The molecule has 1 fully saturated rings. The Morgan fingerprint density at radius 3 is 1.56 bits per heavy atom. The van der Waals surface area contributed by atoms with Gasteiger partial charge in [0.05, 0.1) is 70.8 Å². The number of rotatable bonds is 11. The largest absolute Gasteiger partial charge is 0.748 e. The van der Waals surface area contributed by atoms with Crippen LogP contribution in [0.5, 0.6) is 0 Å². The topological polar surface area (TPSA) is 246 Å². The van der Waals surface area contributed by atoms with E-state index in [9.17, 15) is 51.9 Å². The Labute approximate surface area is 371 Å². The first kappa shape index (κ1) is 56.6. The van der Waals surface area contributed by atoms with E-state index in [4.69, 9.17) is 0 Å². The lowest BCUT2D eigenvalue weighted by atomic mass is 9.98. The maximum absolute atomic E-state index is 10.8. The number of hydrogen-bond donors (Lipinski definition) is 0. The number of hydrogen-bond acceptors (Lipinski definition) is 16. The lowest BCUT2D eigenvalue weighted by Crippen LogP contribution is -2.52. The van der Waals surface area contributed by atoms with Crippen LogP contribution >= 0.6 is 0 Å². The smallest absolute Gasteiger partial charge is 0.178 e. The summed E-state index contributed by atoms with van der Waals surface area (Å²) in [6, 6.07) is 12.3. The van der Waals surface area contributed by atoms with E-state index in [1.807, 2.05) is 66.5 Å². The average molecular weight is 955 g/mol.